The van der Waals surface area contributed by atoms with E-state index < -0.39 is 5.91 Å². The summed E-state index contributed by atoms with van der Waals surface area (Å²) in [4.78, 5) is 25.1. The Morgan fingerprint density at radius 3 is 2.50 bits per heavy atom. The van der Waals surface area contributed by atoms with E-state index in [4.69, 9.17) is 27.6 Å². The highest BCUT2D eigenvalue weighted by molar-refractivity contribution is 6.36. The highest BCUT2D eigenvalue weighted by Crippen LogP contribution is 2.31. The molecule has 3 aromatic rings. The first-order valence-corrected chi connectivity index (χ1v) is 10.1. The first kappa shape index (κ1) is 21.7. The number of carbonyl (C=O) groups excluding carboxylic acids is 2. The molecular weight excluding hydrogens is 423 g/mol. The average molecular weight is 443 g/mol. The zero-order chi connectivity index (χ0) is 21.5. The molecule has 30 heavy (non-hydrogen) atoms. The fourth-order valence-electron chi connectivity index (χ4n) is 2.68. The number of hydrogen-bond acceptors (Lipinski definition) is 3. The summed E-state index contributed by atoms with van der Waals surface area (Å²) < 4.78 is 5.83. The number of benzene rings is 2. The summed E-state index contributed by atoms with van der Waals surface area (Å²) in [6, 6.07) is 17.2. The van der Waals surface area contributed by atoms with Gasteiger partial charge < -0.3 is 15.1 Å². The largest absolute Gasteiger partial charge is 0.457 e. The van der Waals surface area contributed by atoms with Crippen molar-refractivity contribution in [3.8, 4) is 11.3 Å². The molecule has 2 amide bonds. The Bertz CT molecular complexity index is 1080. The van der Waals surface area contributed by atoms with Crippen molar-refractivity contribution in [1.82, 2.24) is 10.6 Å². The second kappa shape index (κ2) is 10.1. The SMILES string of the molecule is CCCNC(=O)/C(=C/c1ccc(-c2ccc(Cl)cc2Cl)o1)NC(=O)c1ccccc1. The predicted molar refractivity (Wildman–Crippen MR) is 119 cm³/mol. The molecule has 2 N–H and O–H groups in total. The van der Waals surface area contributed by atoms with Crippen LogP contribution in [0.1, 0.15) is 29.5 Å². The lowest BCUT2D eigenvalue weighted by atomic mass is 10.2. The van der Waals surface area contributed by atoms with E-state index in [1.54, 1.807) is 54.6 Å². The zero-order valence-corrected chi connectivity index (χ0v) is 17.8. The molecule has 3 rings (SSSR count). The van der Waals surface area contributed by atoms with Gasteiger partial charge in [-0.1, -0.05) is 48.3 Å². The molecule has 0 saturated carbocycles. The van der Waals surface area contributed by atoms with E-state index in [2.05, 4.69) is 10.6 Å². The zero-order valence-electron chi connectivity index (χ0n) is 16.2. The molecular formula is C23H20Cl2N2O3. The third kappa shape index (κ3) is 5.53. The van der Waals surface area contributed by atoms with Crippen molar-refractivity contribution >= 4 is 41.1 Å². The highest BCUT2D eigenvalue weighted by atomic mass is 35.5. The number of rotatable bonds is 7. The molecule has 7 heteroatoms. The Labute approximate surface area is 184 Å². The second-order valence-electron chi connectivity index (χ2n) is 6.46. The van der Waals surface area contributed by atoms with Crippen molar-refractivity contribution in [1.29, 1.82) is 0 Å². The van der Waals surface area contributed by atoms with Crippen molar-refractivity contribution in [2.45, 2.75) is 13.3 Å². The number of hydrogen-bond donors (Lipinski definition) is 2. The molecule has 0 saturated heterocycles. The lowest BCUT2D eigenvalue weighted by Crippen LogP contribution is -2.35. The van der Waals surface area contributed by atoms with Crippen LogP contribution in [-0.4, -0.2) is 18.4 Å². The maximum Gasteiger partial charge on any atom is 0.267 e. The number of furan rings is 1. The van der Waals surface area contributed by atoms with Gasteiger partial charge in [0, 0.05) is 28.8 Å². The third-order valence-corrected chi connectivity index (χ3v) is 4.72. The van der Waals surface area contributed by atoms with Crippen LogP contribution in [0.3, 0.4) is 0 Å². The van der Waals surface area contributed by atoms with Crippen LogP contribution in [0.2, 0.25) is 10.0 Å². The van der Waals surface area contributed by atoms with E-state index in [-0.39, 0.29) is 11.6 Å². The normalized spacial score (nSPS) is 11.2. The number of halogens is 2. The summed E-state index contributed by atoms with van der Waals surface area (Å²) >= 11 is 12.2. The summed E-state index contributed by atoms with van der Waals surface area (Å²) in [5.41, 5.74) is 1.20. The molecule has 5 nitrogen and oxygen atoms in total. The first-order chi connectivity index (χ1) is 14.5. The maximum absolute atomic E-state index is 12.6. The monoisotopic (exact) mass is 442 g/mol. The number of amides is 2. The molecule has 154 valence electrons. The Balaban J connectivity index is 1.88. The van der Waals surface area contributed by atoms with Crippen molar-refractivity contribution in [3.05, 3.63) is 87.7 Å². The summed E-state index contributed by atoms with van der Waals surface area (Å²) in [6.45, 7) is 2.43. The van der Waals surface area contributed by atoms with Gasteiger partial charge in [0.15, 0.2) is 0 Å². The number of nitrogens with one attached hydrogen (secondary N) is 2. The summed E-state index contributed by atoms with van der Waals surface area (Å²) in [6.07, 6.45) is 2.25. The van der Waals surface area contributed by atoms with Gasteiger partial charge in [-0.3, -0.25) is 9.59 Å². The van der Waals surface area contributed by atoms with E-state index in [0.717, 1.165) is 6.42 Å². The Hall–Kier alpha value is -3.02. The highest BCUT2D eigenvalue weighted by Gasteiger charge is 2.16. The van der Waals surface area contributed by atoms with Crippen LogP contribution in [0.4, 0.5) is 0 Å². The molecule has 1 aromatic heterocycles. The Morgan fingerprint density at radius 1 is 1.03 bits per heavy atom. The van der Waals surface area contributed by atoms with Crippen LogP contribution in [0.5, 0.6) is 0 Å². The average Bonchev–Trinajstić information content (AvgIpc) is 3.20. The van der Waals surface area contributed by atoms with E-state index in [1.165, 1.54) is 6.08 Å². The lowest BCUT2D eigenvalue weighted by molar-refractivity contribution is -0.117. The molecule has 2 aromatic carbocycles. The molecule has 0 aliphatic carbocycles. The van der Waals surface area contributed by atoms with E-state index in [9.17, 15) is 9.59 Å². The topological polar surface area (TPSA) is 71.3 Å². The van der Waals surface area contributed by atoms with Gasteiger partial charge in [0.2, 0.25) is 0 Å². The molecule has 0 aliphatic rings. The van der Waals surface area contributed by atoms with E-state index >= 15 is 0 Å². The van der Waals surface area contributed by atoms with Crippen LogP contribution in [0.25, 0.3) is 17.4 Å². The summed E-state index contributed by atoms with van der Waals surface area (Å²) in [5, 5.41) is 6.40. The molecule has 0 aliphatic heterocycles. The molecule has 0 bridgehead atoms. The quantitative estimate of drug-likeness (QED) is 0.471. The van der Waals surface area contributed by atoms with Gasteiger partial charge in [-0.05, 0) is 48.9 Å². The lowest BCUT2D eigenvalue weighted by Gasteiger charge is -2.10. The van der Waals surface area contributed by atoms with Crippen LogP contribution in [0.15, 0.2) is 70.8 Å². The van der Waals surface area contributed by atoms with Gasteiger partial charge in [0.1, 0.15) is 17.2 Å². The summed E-state index contributed by atoms with van der Waals surface area (Å²) in [7, 11) is 0. The smallest absolute Gasteiger partial charge is 0.267 e. The molecule has 0 unspecified atom stereocenters. The molecule has 0 fully saturated rings. The minimum absolute atomic E-state index is 0.0837. The Morgan fingerprint density at radius 2 is 1.80 bits per heavy atom. The van der Waals surface area contributed by atoms with Gasteiger partial charge in [-0.25, -0.2) is 0 Å². The van der Waals surface area contributed by atoms with Crippen LogP contribution in [-0.2, 0) is 4.79 Å². The van der Waals surface area contributed by atoms with Crippen LogP contribution < -0.4 is 10.6 Å². The molecule has 0 radical (unpaired) electrons. The first-order valence-electron chi connectivity index (χ1n) is 9.39. The fraction of sp³-hybridized carbons (Fsp3) is 0.130. The van der Waals surface area contributed by atoms with Crippen molar-refractivity contribution in [3.63, 3.8) is 0 Å². The van der Waals surface area contributed by atoms with Gasteiger partial charge in [-0.15, -0.1) is 0 Å². The maximum atomic E-state index is 12.6. The second-order valence-corrected chi connectivity index (χ2v) is 7.30. The predicted octanol–water partition coefficient (Wildman–Crippen LogP) is 5.55. The van der Waals surface area contributed by atoms with Gasteiger partial charge in [0.25, 0.3) is 11.8 Å². The minimum Gasteiger partial charge on any atom is -0.457 e. The Kier molecular flexibility index (Phi) is 7.33. The standard InChI is InChI=1S/C23H20Cl2N2O3/c1-2-12-26-23(29)20(27-22(28)15-6-4-3-5-7-15)14-17-9-11-21(30-17)18-10-8-16(24)13-19(18)25/h3-11,13-14H,2,12H2,1H3,(H,26,29)(H,27,28)/b20-14-. The molecule has 1 heterocycles. The van der Waals surface area contributed by atoms with Crippen LogP contribution >= 0.6 is 23.2 Å². The van der Waals surface area contributed by atoms with Crippen molar-refractivity contribution < 1.29 is 14.0 Å². The molecule has 0 atom stereocenters. The van der Waals surface area contributed by atoms with Crippen molar-refractivity contribution in [2.24, 2.45) is 0 Å². The molecule has 0 spiro atoms. The number of carbonyl (C=O) groups is 2. The third-order valence-electron chi connectivity index (χ3n) is 4.17. The van der Waals surface area contributed by atoms with Gasteiger partial charge in [-0.2, -0.15) is 0 Å². The minimum atomic E-state index is -0.399. The van der Waals surface area contributed by atoms with Gasteiger partial charge in [0.05, 0.1) is 5.02 Å². The van der Waals surface area contributed by atoms with E-state index in [1.807, 2.05) is 13.0 Å². The summed E-state index contributed by atoms with van der Waals surface area (Å²) in [5.74, 6) is 0.126. The fourth-order valence-corrected chi connectivity index (χ4v) is 3.18. The van der Waals surface area contributed by atoms with Gasteiger partial charge >= 0.3 is 0 Å². The van der Waals surface area contributed by atoms with Crippen molar-refractivity contribution in [2.75, 3.05) is 6.54 Å². The van der Waals surface area contributed by atoms with Crippen LogP contribution in [0, 0.1) is 0 Å². The van der Waals surface area contributed by atoms with E-state index in [0.29, 0.717) is 39.2 Å².